The molecule has 24 heavy (non-hydrogen) atoms. The van der Waals surface area contributed by atoms with Crippen molar-refractivity contribution >= 4 is 11.9 Å². The maximum Gasteiger partial charge on any atom is 0.241 e. The second-order valence-corrected chi connectivity index (χ2v) is 7.52. The lowest BCUT2D eigenvalue weighted by atomic mass is 9.90. The molecule has 1 aromatic heterocycles. The van der Waals surface area contributed by atoms with E-state index in [2.05, 4.69) is 19.8 Å². The lowest BCUT2D eigenvalue weighted by Gasteiger charge is -2.55. The third kappa shape index (κ3) is 2.98. The van der Waals surface area contributed by atoms with E-state index in [1.165, 1.54) is 12.8 Å². The molecule has 1 spiro atoms. The molecule has 1 saturated carbocycles. The number of carbonyl (C=O) groups excluding carboxylic acids is 1. The van der Waals surface area contributed by atoms with Gasteiger partial charge in [0.2, 0.25) is 11.9 Å². The second kappa shape index (κ2) is 5.97. The fourth-order valence-electron chi connectivity index (χ4n) is 3.67. The summed E-state index contributed by atoms with van der Waals surface area (Å²) in [5, 5.41) is 0. The highest BCUT2D eigenvalue weighted by molar-refractivity contribution is 5.81. The number of hydrogen-bond donors (Lipinski definition) is 0. The first-order chi connectivity index (χ1) is 11.6. The number of aromatic nitrogens is 2. The van der Waals surface area contributed by atoms with Crippen LogP contribution >= 0.6 is 0 Å². The van der Waals surface area contributed by atoms with E-state index < -0.39 is 0 Å². The summed E-state index contributed by atoms with van der Waals surface area (Å²) in [6.07, 6.45) is 6.11. The van der Waals surface area contributed by atoms with Gasteiger partial charge < -0.3 is 14.5 Å². The average Bonchev–Trinajstić information content (AvgIpc) is 3.36. The average molecular weight is 331 g/mol. The Balaban J connectivity index is 1.43. The summed E-state index contributed by atoms with van der Waals surface area (Å²) < 4.78 is 6.18. The molecule has 2 aliphatic heterocycles. The molecule has 0 radical (unpaired) electrons. The minimum atomic E-state index is -0.183. The molecule has 0 unspecified atom stereocenters. The van der Waals surface area contributed by atoms with Crippen LogP contribution in [0.25, 0.3) is 0 Å². The van der Waals surface area contributed by atoms with Crippen LogP contribution in [-0.4, -0.2) is 84.2 Å². The molecule has 1 aromatic rings. The number of amides is 1. The van der Waals surface area contributed by atoms with E-state index in [0.717, 1.165) is 38.0 Å². The summed E-state index contributed by atoms with van der Waals surface area (Å²) in [4.78, 5) is 27.3. The maximum absolute atomic E-state index is 12.5. The molecular formula is C17H25N5O2. The van der Waals surface area contributed by atoms with Gasteiger partial charge in [-0.05, 0) is 24.8 Å². The fraction of sp³-hybridized carbons (Fsp3) is 0.706. The molecule has 0 bridgehead atoms. The zero-order chi connectivity index (χ0) is 16.7. The molecular weight excluding hydrogens is 306 g/mol. The van der Waals surface area contributed by atoms with E-state index in [9.17, 15) is 4.79 Å². The fourth-order valence-corrected chi connectivity index (χ4v) is 3.67. The van der Waals surface area contributed by atoms with Crippen molar-refractivity contribution in [2.75, 3.05) is 51.8 Å². The highest BCUT2D eigenvalue weighted by atomic mass is 16.5. The van der Waals surface area contributed by atoms with Gasteiger partial charge in [0.25, 0.3) is 0 Å². The standard InChI is InChI=1S/C17H25N5O2/c1-20(2)15(23)14-9-24-17(10-21(14)8-13-4-5-13)11-22(12-17)16-18-6-3-7-19-16/h3,6-7,13-14H,4-5,8-12H2,1-2H3/t14-/m0/s1. The summed E-state index contributed by atoms with van der Waals surface area (Å²) in [5.74, 6) is 1.66. The molecule has 3 heterocycles. The van der Waals surface area contributed by atoms with Crippen molar-refractivity contribution in [1.29, 1.82) is 0 Å². The third-order valence-corrected chi connectivity index (χ3v) is 5.19. The van der Waals surface area contributed by atoms with Gasteiger partial charge in [-0.2, -0.15) is 0 Å². The van der Waals surface area contributed by atoms with Gasteiger partial charge in [0, 0.05) is 39.6 Å². The van der Waals surface area contributed by atoms with Crippen molar-refractivity contribution in [2.45, 2.75) is 24.5 Å². The summed E-state index contributed by atoms with van der Waals surface area (Å²) >= 11 is 0. The molecule has 3 aliphatic rings. The monoisotopic (exact) mass is 331 g/mol. The van der Waals surface area contributed by atoms with Crippen molar-refractivity contribution < 1.29 is 9.53 Å². The van der Waals surface area contributed by atoms with E-state index in [-0.39, 0.29) is 17.6 Å². The lowest BCUT2D eigenvalue weighted by molar-refractivity contribution is -0.167. The Hall–Kier alpha value is -1.73. The van der Waals surface area contributed by atoms with Crippen LogP contribution in [0.2, 0.25) is 0 Å². The topological polar surface area (TPSA) is 61.8 Å². The summed E-state index contributed by atoms with van der Waals surface area (Å²) in [7, 11) is 3.64. The SMILES string of the molecule is CN(C)C(=O)[C@@H]1COC2(CN(c3ncccn3)C2)CN1CC1CC1. The Morgan fingerprint density at radius 1 is 1.29 bits per heavy atom. The number of hydrogen-bond acceptors (Lipinski definition) is 6. The minimum Gasteiger partial charge on any atom is -0.368 e. The number of anilines is 1. The third-order valence-electron chi connectivity index (χ3n) is 5.19. The van der Waals surface area contributed by atoms with Crippen LogP contribution in [0.1, 0.15) is 12.8 Å². The van der Waals surface area contributed by atoms with Gasteiger partial charge in [-0.1, -0.05) is 0 Å². The number of morpholine rings is 1. The van der Waals surface area contributed by atoms with Crippen LogP contribution in [0, 0.1) is 5.92 Å². The highest BCUT2D eigenvalue weighted by Gasteiger charge is 2.52. The normalized spacial score (nSPS) is 26.2. The number of nitrogens with zero attached hydrogens (tertiary/aromatic N) is 5. The summed E-state index contributed by atoms with van der Waals surface area (Å²) in [5.41, 5.74) is -0.183. The Bertz CT molecular complexity index is 598. The van der Waals surface area contributed by atoms with Crippen LogP contribution in [0.3, 0.4) is 0 Å². The Kier molecular flexibility index (Phi) is 3.92. The predicted octanol–water partition coefficient (Wildman–Crippen LogP) is 0.234. The molecule has 0 aromatic carbocycles. The maximum atomic E-state index is 12.5. The highest BCUT2D eigenvalue weighted by Crippen LogP contribution is 2.36. The van der Waals surface area contributed by atoms with Crippen LogP contribution in [0.15, 0.2) is 18.5 Å². The van der Waals surface area contributed by atoms with Crippen molar-refractivity contribution in [2.24, 2.45) is 5.92 Å². The zero-order valence-corrected chi connectivity index (χ0v) is 14.4. The van der Waals surface area contributed by atoms with E-state index in [1.807, 2.05) is 20.2 Å². The smallest absolute Gasteiger partial charge is 0.241 e. The Morgan fingerprint density at radius 2 is 2.00 bits per heavy atom. The van der Waals surface area contributed by atoms with E-state index in [1.54, 1.807) is 17.3 Å². The van der Waals surface area contributed by atoms with Crippen LogP contribution in [0.4, 0.5) is 5.95 Å². The van der Waals surface area contributed by atoms with Crippen molar-refractivity contribution in [1.82, 2.24) is 19.8 Å². The molecule has 2 saturated heterocycles. The van der Waals surface area contributed by atoms with Crippen LogP contribution in [-0.2, 0) is 9.53 Å². The van der Waals surface area contributed by atoms with Crippen molar-refractivity contribution in [3.05, 3.63) is 18.5 Å². The van der Waals surface area contributed by atoms with Gasteiger partial charge in [0.05, 0.1) is 19.7 Å². The Labute approximate surface area is 142 Å². The van der Waals surface area contributed by atoms with Gasteiger partial charge >= 0.3 is 0 Å². The molecule has 7 nitrogen and oxygen atoms in total. The van der Waals surface area contributed by atoms with Crippen molar-refractivity contribution in [3.63, 3.8) is 0 Å². The largest absolute Gasteiger partial charge is 0.368 e. The van der Waals surface area contributed by atoms with Crippen molar-refractivity contribution in [3.8, 4) is 0 Å². The number of rotatable bonds is 4. The number of likely N-dealkylation sites (N-methyl/N-ethyl adjacent to an activating group) is 1. The lowest BCUT2D eigenvalue weighted by Crippen LogP contribution is -2.73. The molecule has 130 valence electrons. The van der Waals surface area contributed by atoms with E-state index >= 15 is 0 Å². The second-order valence-electron chi connectivity index (χ2n) is 7.52. The summed E-state index contributed by atoms with van der Waals surface area (Å²) in [6.45, 7) is 3.89. The van der Waals surface area contributed by atoms with Gasteiger partial charge in [-0.15, -0.1) is 0 Å². The van der Waals surface area contributed by atoms with Gasteiger partial charge in [0.1, 0.15) is 11.6 Å². The van der Waals surface area contributed by atoms with Gasteiger partial charge in [0.15, 0.2) is 0 Å². The predicted molar refractivity (Wildman–Crippen MR) is 89.7 cm³/mol. The Morgan fingerprint density at radius 3 is 2.62 bits per heavy atom. The molecule has 1 aliphatic carbocycles. The number of carbonyl (C=O) groups is 1. The van der Waals surface area contributed by atoms with E-state index in [0.29, 0.717) is 6.61 Å². The van der Waals surface area contributed by atoms with E-state index in [4.69, 9.17) is 4.74 Å². The first-order valence-electron chi connectivity index (χ1n) is 8.67. The number of ether oxygens (including phenoxy) is 1. The molecule has 0 N–H and O–H groups in total. The minimum absolute atomic E-state index is 0.145. The van der Waals surface area contributed by atoms with Crippen LogP contribution in [0.5, 0.6) is 0 Å². The molecule has 3 fully saturated rings. The van der Waals surface area contributed by atoms with Gasteiger partial charge in [-0.25, -0.2) is 9.97 Å². The first-order valence-corrected chi connectivity index (χ1v) is 8.67. The molecule has 7 heteroatoms. The summed E-state index contributed by atoms with van der Waals surface area (Å²) in [6, 6.07) is 1.68. The quantitative estimate of drug-likeness (QED) is 0.787. The molecule has 4 rings (SSSR count). The van der Waals surface area contributed by atoms with Crippen LogP contribution < -0.4 is 4.90 Å². The molecule has 1 amide bonds. The van der Waals surface area contributed by atoms with Gasteiger partial charge in [-0.3, -0.25) is 9.69 Å². The zero-order valence-electron chi connectivity index (χ0n) is 14.4. The molecule has 1 atom stereocenters. The first kappa shape index (κ1) is 15.8.